The van der Waals surface area contributed by atoms with Gasteiger partial charge in [-0.25, -0.2) is 8.42 Å². The van der Waals surface area contributed by atoms with Gasteiger partial charge in [-0.05, 0) is 13.0 Å². The fourth-order valence-electron chi connectivity index (χ4n) is 1.39. The van der Waals surface area contributed by atoms with Crippen molar-refractivity contribution in [1.82, 2.24) is 10.6 Å². The third-order valence-corrected chi connectivity index (χ3v) is 4.05. The number of nitrogens with one attached hydrogen (secondary N) is 2. The molecule has 2 N–H and O–H groups in total. The predicted octanol–water partition coefficient (Wildman–Crippen LogP) is -0.627. The van der Waals surface area contributed by atoms with E-state index in [9.17, 15) is 8.42 Å². The standard InChI is InChI=1S/C8H18N2O2S/c1-2-13(11,12)6-5-10-8-3-4-9-7-8/h8-10H,2-7H2,1H3. The second kappa shape index (κ2) is 4.93. The van der Waals surface area contributed by atoms with Crippen molar-refractivity contribution in [3.63, 3.8) is 0 Å². The first-order valence-electron chi connectivity index (χ1n) is 4.78. The van der Waals surface area contributed by atoms with Gasteiger partial charge >= 0.3 is 0 Å². The molecule has 0 spiro atoms. The Bertz CT molecular complexity index is 233. The summed E-state index contributed by atoms with van der Waals surface area (Å²) in [5.74, 6) is 0.512. The highest BCUT2D eigenvalue weighted by Crippen LogP contribution is 1.96. The third kappa shape index (κ3) is 4.06. The minimum atomic E-state index is -2.79. The first-order chi connectivity index (χ1) is 6.14. The summed E-state index contributed by atoms with van der Waals surface area (Å²) >= 11 is 0. The second-order valence-electron chi connectivity index (χ2n) is 3.38. The van der Waals surface area contributed by atoms with Crippen LogP contribution < -0.4 is 10.6 Å². The van der Waals surface area contributed by atoms with Gasteiger partial charge in [0.2, 0.25) is 0 Å². The molecule has 0 radical (unpaired) electrons. The summed E-state index contributed by atoms with van der Waals surface area (Å²) in [5, 5.41) is 6.45. The van der Waals surface area contributed by atoms with E-state index in [1.165, 1.54) is 0 Å². The van der Waals surface area contributed by atoms with E-state index in [-0.39, 0.29) is 11.5 Å². The molecule has 1 fully saturated rings. The first-order valence-corrected chi connectivity index (χ1v) is 6.60. The lowest BCUT2D eigenvalue weighted by Gasteiger charge is -2.10. The maximum atomic E-state index is 11.1. The van der Waals surface area contributed by atoms with Crippen LogP contribution in [0, 0.1) is 0 Å². The third-order valence-electron chi connectivity index (χ3n) is 2.35. The molecular formula is C8H18N2O2S. The largest absolute Gasteiger partial charge is 0.315 e. The summed E-state index contributed by atoms with van der Waals surface area (Å²) in [7, 11) is -2.79. The molecule has 0 aromatic rings. The first kappa shape index (κ1) is 10.9. The van der Waals surface area contributed by atoms with Crippen molar-refractivity contribution in [3.05, 3.63) is 0 Å². The predicted molar refractivity (Wildman–Crippen MR) is 53.6 cm³/mol. The monoisotopic (exact) mass is 206 g/mol. The molecule has 4 nitrogen and oxygen atoms in total. The molecule has 5 heteroatoms. The molecule has 78 valence electrons. The molecule has 1 aliphatic heterocycles. The lowest BCUT2D eigenvalue weighted by atomic mass is 10.3. The van der Waals surface area contributed by atoms with E-state index in [2.05, 4.69) is 10.6 Å². The van der Waals surface area contributed by atoms with Crippen LogP contribution >= 0.6 is 0 Å². The summed E-state index contributed by atoms with van der Waals surface area (Å²) < 4.78 is 22.2. The summed E-state index contributed by atoms with van der Waals surface area (Å²) in [4.78, 5) is 0. The van der Waals surface area contributed by atoms with Crippen LogP contribution in [0.4, 0.5) is 0 Å². The molecule has 1 aliphatic rings. The van der Waals surface area contributed by atoms with Gasteiger partial charge in [0.1, 0.15) is 0 Å². The molecular weight excluding hydrogens is 188 g/mol. The molecule has 0 amide bonds. The van der Waals surface area contributed by atoms with Gasteiger partial charge in [-0.15, -0.1) is 0 Å². The SMILES string of the molecule is CCS(=O)(=O)CCNC1CCNC1. The van der Waals surface area contributed by atoms with Crippen LogP contribution in [-0.4, -0.2) is 45.6 Å². The highest BCUT2D eigenvalue weighted by Gasteiger charge is 2.14. The Kier molecular flexibility index (Phi) is 4.15. The van der Waals surface area contributed by atoms with Gasteiger partial charge in [0.15, 0.2) is 9.84 Å². The smallest absolute Gasteiger partial charge is 0.151 e. The lowest BCUT2D eigenvalue weighted by Crippen LogP contribution is -2.34. The van der Waals surface area contributed by atoms with E-state index in [1.807, 2.05) is 0 Å². The van der Waals surface area contributed by atoms with Crippen LogP contribution in [-0.2, 0) is 9.84 Å². The molecule has 0 aromatic heterocycles. The van der Waals surface area contributed by atoms with E-state index in [1.54, 1.807) is 6.92 Å². The zero-order valence-corrected chi connectivity index (χ0v) is 8.86. The van der Waals surface area contributed by atoms with Crippen molar-refractivity contribution in [2.75, 3.05) is 31.1 Å². The molecule has 0 bridgehead atoms. The molecule has 1 rings (SSSR count). The average Bonchev–Trinajstić information content (AvgIpc) is 2.57. The van der Waals surface area contributed by atoms with Gasteiger partial charge in [-0.2, -0.15) is 0 Å². The molecule has 0 saturated carbocycles. The summed E-state index contributed by atoms with van der Waals surface area (Å²) in [6.07, 6.45) is 1.10. The van der Waals surface area contributed by atoms with Crippen LogP contribution in [0.25, 0.3) is 0 Å². The van der Waals surface area contributed by atoms with Crippen LogP contribution in [0.5, 0.6) is 0 Å². The Balaban J connectivity index is 2.13. The normalized spacial score (nSPS) is 23.6. The van der Waals surface area contributed by atoms with Gasteiger partial charge in [0, 0.05) is 24.9 Å². The topological polar surface area (TPSA) is 58.2 Å². The van der Waals surface area contributed by atoms with E-state index >= 15 is 0 Å². The van der Waals surface area contributed by atoms with E-state index in [4.69, 9.17) is 0 Å². The quantitative estimate of drug-likeness (QED) is 0.629. The van der Waals surface area contributed by atoms with Crippen molar-refractivity contribution < 1.29 is 8.42 Å². The number of hydrogen-bond acceptors (Lipinski definition) is 4. The molecule has 1 saturated heterocycles. The van der Waals surface area contributed by atoms with E-state index < -0.39 is 9.84 Å². The van der Waals surface area contributed by atoms with Gasteiger partial charge in [0.05, 0.1) is 5.75 Å². The zero-order chi connectivity index (χ0) is 9.73. The molecule has 1 heterocycles. The zero-order valence-electron chi connectivity index (χ0n) is 8.04. The van der Waals surface area contributed by atoms with Crippen molar-refractivity contribution in [1.29, 1.82) is 0 Å². The Morgan fingerprint density at radius 3 is 2.85 bits per heavy atom. The second-order valence-corrected chi connectivity index (χ2v) is 5.85. The Morgan fingerprint density at radius 1 is 1.54 bits per heavy atom. The van der Waals surface area contributed by atoms with Gasteiger partial charge < -0.3 is 10.6 Å². The van der Waals surface area contributed by atoms with Crippen LogP contribution in [0.15, 0.2) is 0 Å². The number of hydrogen-bond donors (Lipinski definition) is 2. The highest BCUT2D eigenvalue weighted by atomic mass is 32.2. The molecule has 0 aromatic carbocycles. The average molecular weight is 206 g/mol. The number of rotatable bonds is 5. The summed E-state index contributed by atoms with van der Waals surface area (Å²) in [6.45, 7) is 4.28. The molecule has 1 atom stereocenters. The van der Waals surface area contributed by atoms with Crippen LogP contribution in [0.2, 0.25) is 0 Å². The lowest BCUT2D eigenvalue weighted by molar-refractivity contribution is 0.556. The van der Waals surface area contributed by atoms with Crippen molar-refractivity contribution in [3.8, 4) is 0 Å². The Labute approximate surface area is 80.0 Å². The van der Waals surface area contributed by atoms with Crippen molar-refractivity contribution >= 4 is 9.84 Å². The fourth-order valence-corrected chi connectivity index (χ4v) is 2.11. The maximum absolute atomic E-state index is 11.1. The fraction of sp³-hybridized carbons (Fsp3) is 1.00. The Hall–Kier alpha value is -0.130. The van der Waals surface area contributed by atoms with E-state index in [0.717, 1.165) is 19.5 Å². The van der Waals surface area contributed by atoms with Crippen molar-refractivity contribution in [2.24, 2.45) is 0 Å². The van der Waals surface area contributed by atoms with E-state index in [0.29, 0.717) is 12.6 Å². The molecule has 1 unspecified atom stereocenters. The van der Waals surface area contributed by atoms with Gasteiger partial charge in [-0.1, -0.05) is 6.92 Å². The van der Waals surface area contributed by atoms with Gasteiger partial charge in [0.25, 0.3) is 0 Å². The molecule has 0 aliphatic carbocycles. The van der Waals surface area contributed by atoms with Crippen molar-refractivity contribution in [2.45, 2.75) is 19.4 Å². The van der Waals surface area contributed by atoms with Gasteiger partial charge in [-0.3, -0.25) is 0 Å². The minimum absolute atomic E-state index is 0.248. The summed E-state index contributed by atoms with van der Waals surface area (Å²) in [5.41, 5.74) is 0. The minimum Gasteiger partial charge on any atom is -0.315 e. The Morgan fingerprint density at radius 2 is 2.31 bits per heavy atom. The van der Waals surface area contributed by atoms with Crippen LogP contribution in [0.3, 0.4) is 0 Å². The maximum Gasteiger partial charge on any atom is 0.151 e. The van der Waals surface area contributed by atoms with Crippen LogP contribution in [0.1, 0.15) is 13.3 Å². The highest BCUT2D eigenvalue weighted by molar-refractivity contribution is 7.91. The molecule has 13 heavy (non-hydrogen) atoms. The summed E-state index contributed by atoms with van der Waals surface area (Å²) in [6, 6.07) is 0.465. The number of sulfone groups is 1.